The average Bonchev–Trinajstić information content (AvgIpc) is 2.77. The molecule has 3 aromatic rings. The first-order valence-electron chi connectivity index (χ1n) is 8.96. The van der Waals surface area contributed by atoms with E-state index in [1.807, 2.05) is 0 Å². The van der Waals surface area contributed by atoms with Crippen molar-refractivity contribution in [1.29, 1.82) is 5.26 Å². The van der Waals surface area contributed by atoms with Crippen LogP contribution in [0.2, 0.25) is 0 Å². The Labute approximate surface area is 180 Å². The summed E-state index contributed by atoms with van der Waals surface area (Å²) in [4.78, 5) is 16.5. The summed E-state index contributed by atoms with van der Waals surface area (Å²) in [6.07, 6.45) is -4.75. The van der Waals surface area contributed by atoms with Crippen LogP contribution >= 0.6 is 11.8 Å². The van der Waals surface area contributed by atoms with Gasteiger partial charge in [-0.05, 0) is 42.5 Å². The molecule has 2 aromatic carbocycles. The first kappa shape index (κ1) is 22.2. The highest BCUT2D eigenvalue weighted by atomic mass is 32.2. The van der Waals surface area contributed by atoms with Crippen molar-refractivity contribution >= 4 is 23.4 Å². The molecule has 0 radical (unpaired) electrons. The number of nitrogens with one attached hydrogen (secondary N) is 1. The Morgan fingerprint density at radius 3 is 2.42 bits per heavy atom. The van der Waals surface area contributed by atoms with E-state index in [1.165, 1.54) is 7.11 Å². The van der Waals surface area contributed by atoms with E-state index in [0.717, 1.165) is 17.8 Å². The lowest BCUT2D eigenvalue weighted by Gasteiger charge is -2.14. The molecule has 5 nitrogen and oxygen atoms in total. The van der Waals surface area contributed by atoms with Gasteiger partial charge in [-0.15, -0.1) is 0 Å². The lowest BCUT2D eigenvalue weighted by molar-refractivity contribution is -0.138. The quantitative estimate of drug-likeness (QED) is 0.518. The van der Waals surface area contributed by atoms with E-state index in [0.29, 0.717) is 17.0 Å². The molecule has 0 spiro atoms. The summed E-state index contributed by atoms with van der Waals surface area (Å²) in [7, 11) is 1.48. The standard InChI is InChI=1S/C22H16F3N3O2S/c1-30-16-9-7-14(8-10-16)19-11-18(22(23,24)25)17(12-26)21(28-19)31-13-20(29)27-15-5-3-2-4-6-15/h2-11H,13H2,1H3,(H,27,29). The molecule has 1 N–H and O–H groups in total. The number of hydrogen-bond acceptors (Lipinski definition) is 5. The van der Waals surface area contributed by atoms with Crippen molar-refractivity contribution in [2.75, 3.05) is 18.2 Å². The molecule has 0 unspecified atom stereocenters. The number of para-hydroxylation sites is 1. The number of hydrogen-bond donors (Lipinski definition) is 1. The van der Waals surface area contributed by atoms with E-state index >= 15 is 0 Å². The molecule has 0 saturated carbocycles. The number of carbonyl (C=O) groups excluding carboxylic acids is 1. The zero-order valence-electron chi connectivity index (χ0n) is 16.2. The molecule has 158 valence electrons. The van der Waals surface area contributed by atoms with Crippen LogP contribution in [-0.2, 0) is 11.0 Å². The molecule has 3 rings (SSSR count). The van der Waals surface area contributed by atoms with Crippen LogP contribution in [-0.4, -0.2) is 23.8 Å². The van der Waals surface area contributed by atoms with Crippen molar-refractivity contribution in [1.82, 2.24) is 4.98 Å². The summed E-state index contributed by atoms with van der Waals surface area (Å²) >= 11 is 0.775. The maximum Gasteiger partial charge on any atom is 0.417 e. The molecule has 1 amide bonds. The Bertz CT molecular complexity index is 1110. The number of carbonyl (C=O) groups is 1. The fraction of sp³-hybridized carbons (Fsp3) is 0.136. The van der Waals surface area contributed by atoms with Crippen LogP contribution in [0.4, 0.5) is 18.9 Å². The van der Waals surface area contributed by atoms with E-state index in [9.17, 15) is 23.2 Å². The number of benzene rings is 2. The molecule has 31 heavy (non-hydrogen) atoms. The Balaban J connectivity index is 1.93. The predicted octanol–water partition coefficient (Wildman–Crippen LogP) is 5.38. The zero-order valence-corrected chi connectivity index (χ0v) is 17.1. The largest absolute Gasteiger partial charge is 0.497 e. The summed E-state index contributed by atoms with van der Waals surface area (Å²) in [5.41, 5.74) is -0.681. The van der Waals surface area contributed by atoms with E-state index in [1.54, 1.807) is 60.7 Å². The van der Waals surface area contributed by atoms with Crippen LogP contribution in [0.1, 0.15) is 11.1 Å². The number of rotatable bonds is 6. The number of aromatic nitrogens is 1. The highest BCUT2D eigenvalue weighted by molar-refractivity contribution is 8.00. The number of pyridine rings is 1. The third-order valence-electron chi connectivity index (χ3n) is 4.19. The van der Waals surface area contributed by atoms with Gasteiger partial charge >= 0.3 is 6.18 Å². The van der Waals surface area contributed by atoms with E-state index in [4.69, 9.17) is 4.74 Å². The predicted molar refractivity (Wildman–Crippen MR) is 112 cm³/mol. The molecule has 0 aliphatic heterocycles. The van der Waals surface area contributed by atoms with Crippen LogP contribution in [0.3, 0.4) is 0 Å². The molecular formula is C22H16F3N3O2S. The second-order valence-electron chi connectivity index (χ2n) is 6.28. The Morgan fingerprint density at radius 2 is 1.84 bits per heavy atom. The Kier molecular flexibility index (Phi) is 6.82. The molecular weight excluding hydrogens is 427 g/mol. The van der Waals surface area contributed by atoms with Gasteiger partial charge in [0.25, 0.3) is 0 Å². The fourth-order valence-corrected chi connectivity index (χ4v) is 3.52. The van der Waals surface area contributed by atoms with Gasteiger partial charge < -0.3 is 10.1 Å². The molecule has 0 aliphatic rings. The van der Waals surface area contributed by atoms with E-state index < -0.39 is 23.2 Å². The summed E-state index contributed by atoms with van der Waals surface area (Å²) in [5.74, 6) is -0.0918. The molecule has 0 atom stereocenters. The summed E-state index contributed by atoms with van der Waals surface area (Å²) in [5, 5.41) is 11.9. The second kappa shape index (κ2) is 9.53. The van der Waals surface area contributed by atoms with Crippen LogP contribution in [0.5, 0.6) is 5.75 Å². The first-order chi connectivity index (χ1) is 14.8. The Morgan fingerprint density at radius 1 is 1.16 bits per heavy atom. The lowest BCUT2D eigenvalue weighted by atomic mass is 10.1. The minimum Gasteiger partial charge on any atom is -0.497 e. The van der Waals surface area contributed by atoms with E-state index in [2.05, 4.69) is 10.3 Å². The molecule has 0 saturated heterocycles. The molecule has 9 heteroatoms. The minimum absolute atomic E-state index is 0.0416. The number of thioether (sulfide) groups is 1. The normalized spacial score (nSPS) is 10.9. The molecule has 1 aromatic heterocycles. The lowest BCUT2D eigenvalue weighted by Crippen LogP contribution is -2.15. The summed E-state index contributed by atoms with van der Waals surface area (Å²) < 4.78 is 46.0. The number of alkyl halides is 3. The maximum atomic E-state index is 13.6. The number of halogens is 3. The summed E-state index contributed by atoms with van der Waals surface area (Å²) in [6.45, 7) is 0. The van der Waals surface area contributed by atoms with Crippen LogP contribution in [0.25, 0.3) is 11.3 Å². The van der Waals surface area contributed by atoms with Crippen LogP contribution in [0, 0.1) is 11.3 Å². The topological polar surface area (TPSA) is 75.0 Å². The number of ether oxygens (including phenoxy) is 1. The van der Waals surface area contributed by atoms with Gasteiger partial charge in [0.05, 0.1) is 29.7 Å². The molecule has 0 aliphatic carbocycles. The third kappa shape index (κ3) is 5.55. The van der Waals surface area contributed by atoms with Gasteiger partial charge in [-0.1, -0.05) is 30.0 Å². The number of amides is 1. The fourth-order valence-electron chi connectivity index (χ4n) is 2.72. The van der Waals surface area contributed by atoms with Crippen molar-refractivity contribution < 1.29 is 22.7 Å². The zero-order chi connectivity index (χ0) is 22.4. The number of anilines is 1. The van der Waals surface area contributed by atoms with Crippen LogP contribution in [0.15, 0.2) is 65.7 Å². The maximum absolute atomic E-state index is 13.6. The van der Waals surface area contributed by atoms with Crippen LogP contribution < -0.4 is 10.1 Å². The van der Waals surface area contributed by atoms with Gasteiger partial charge in [0, 0.05) is 11.3 Å². The minimum atomic E-state index is -4.75. The number of nitriles is 1. The first-order valence-corrected chi connectivity index (χ1v) is 9.95. The molecule has 0 fully saturated rings. The van der Waals surface area contributed by atoms with Crippen molar-refractivity contribution in [3.05, 3.63) is 71.8 Å². The van der Waals surface area contributed by atoms with Gasteiger partial charge in [-0.25, -0.2) is 4.98 Å². The van der Waals surface area contributed by atoms with E-state index in [-0.39, 0.29) is 16.5 Å². The molecule has 1 heterocycles. The smallest absolute Gasteiger partial charge is 0.417 e. The highest BCUT2D eigenvalue weighted by Crippen LogP contribution is 2.38. The van der Waals surface area contributed by atoms with Gasteiger partial charge in [0.15, 0.2) is 0 Å². The SMILES string of the molecule is COc1ccc(-c2cc(C(F)(F)F)c(C#N)c(SCC(=O)Nc3ccccc3)n2)cc1. The Hall–Kier alpha value is -3.51. The van der Waals surface area contributed by atoms with Gasteiger partial charge in [-0.2, -0.15) is 18.4 Å². The third-order valence-corrected chi connectivity index (χ3v) is 5.16. The summed E-state index contributed by atoms with van der Waals surface area (Å²) in [6, 6.07) is 17.4. The van der Waals surface area contributed by atoms with Crippen molar-refractivity contribution in [2.24, 2.45) is 0 Å². The second-order valence-corrected chi connectivity index (χ2v) is 7.24. The average molecular weight is 443 g/mol. The number of methoxy groups -OCH3 is 1. The highest BCUT2D eigenvalue weighted by Gasteiger charge is 2.36. The van der Waals surface area contributed by atoms with Gasteiger partial charge in [0.1, 0.15) is 16.8 Å². The monoisotopic (exact) mass is 443 g/mol. The van der Waals surface area contributed by atoms with Crippen molar-refractivity contribution in [3.8, 4) is 23.1 Å². The molecule has 0 bridgehead atoms. The van der Waals surface area contributed by atoms with Gasteiger partial charge in [0.2, 0.25) is 5.91 Å². The number of nitrogens with zero attached hydrogens (tertiary/aromatic N) is 2. The van der Waals surface area contributed by atoms with Gasteiger partial charge in [-0.3, -0.25) is 4.79 Å². The van der Waals surface area contributed by atoms with Crippen molar-refractivity contribution in [3.63, 3.8) is 0 Å². The van der Waals surface area contributed by atoms with Crippen molar-refractivity contribution in [2.45, 2.75) is 11.2 Å².